The fourth-order valence-electron chi connectivity index (χ4n) is 1.81. The number of rotatable bonds is 5. The highest BCUT2D eigenvalue weighted by Gasteiger charge is 2.32. The van der Waals surface area contributed by atoms with Crippen molar-refractivity contribution in [2.45, 2.75) is 38.6 Å². The van der Waals surface area contributed by atoms with Crippen molar-refractivity contribution in [3.05, 3.63) is 34.9 Å². The molecule has 1 aromatic rings. The second-order valence-corrected chi connectivity index (χ2v) is 5.48. The summed E-state index contributed by atoms with van der Waals surface area (Å²) in [5.74, 6) is -1.18. The fraction of sp³-hybridized carbons (Fsp3) is 0.429. The zero-order valence-electron chi connectivity index (χ0n) is 11.2. The number of carboxylic acids is 1. The number of hydrogen-bond acceptors (Lipinski definition) is 2. The SMILES string of the molecule is CC(CC(=O)O)NC(=O)C(C)(C)c1ccccc1Cl. The van der Waals surface area contributed by atoms with Gasteiger partial charge >= 0.3 is 5.97 Å². The number of carboxylic acid groups (broad SMARTS) is 1. The van der Waals surface area contributed by atoms with Crippen LogP contribution in [0.3, 0.4) is 0 Å². The van der Waals surface area contributed by atoms with E-state index in [2.05, 4.69) is 5.32 Å². The lowest BCUT2D eigenvalue weighted by atomic mass is 9.83. The number of halogens is 1. The van der Waals surface area contributed by atoms with Crippen molar-refractivity contribution in [2.24, 2.45) is 0 Å². The van der Waals surface area contributed by atoms with E-state index in [1.54, 1.807) is 39.0 Å². The summed E-state index contributed by atoms with van der Waals surface area (Å²) >= 11 is 6.10. The molecule has 1 atom stereocenters. The molecule has 4 nitrogen and oxygen atoms in total. The molecular weight excluding hydrogens is 266 g/mol. The van der Waals surface area contributed by atoms with E-state index < -0.39 is 17.4 Å². The van der Waals surface area contributed by atoms with Crippen molar-refractivity contribution >= 4 is 23.5 Å². The standard InChI is InChI=1S/C14H18ClNO3/c1-9(8-12(17)18)16-13(19)14(2,3)10-6-4-5-7-11(10)15/h4-7,9H,8H2,1-3H3,(H,16,19)(H,17,18). The van der Waals surface area contributed by atoms with Gasteiger partial charge in [0.15, 0.2) is 0 Å². The molecule has 5 heteroatoms. The Morgan fingerprint density at radius 2 is 1.95 bits per heavy atom. The number of carbonyl (C=O) groups is 2. The van der Waals surface area contributed by atoms with Gasteiger partial charge in [0.1, 0.15) is 0 Å². The van der Waals surface area contributed by atoms with E-state index in [0.717, 1.165) is 5.56 Å². The van der Waals surface area contributed by atoms with Gasteiger partial charge in [-0.05, 0) is 32.4 Å². The van der Waals surface area contributed by atoms with Crippen LogP contribution in [0.1, 0.15) is 32.8 Å². The normalized spacial score (nSPS) is 12.8. The third kappa shape index (κ3) is 3.96. The lowest BCUT2D eigenvalue weighted by molar-refractivity contribution is -0.137. The van der Waals surface area contributed by atoms with Crippen LogP contribution in [0.2, 0.25) is 5.02 Å². The van der Waals surface area contributed by atoms with E-state index in [9.17, 15) is 9.59 Å². The van der Waals surface area contributed by atoms with Gasteiger partial charge < -0.3 is 10.4 Å². The van der Waals surface area contributed by atoms with Crippen LogP contribution >= 0.6 is 11.6 Å². The number of hydrogen-bond donors (Lipinski definition) is 2. The molecule has 0 aliphatic carbocycles. The molecule has 0 spiro atoms. The van der Waals surface area contributed by atoms with Gasteiger partial charge in [0, 0.05) is 11.1 Å². The lowest BCUT2D eigenvalue weighted by Crippen LogP contribution is -2.44. The second kappa shape index (κ2) is 6.06. The molecule has 1 rings (SSSR count). The predicted octanol–water partition coefficient (Wildman–Crippen LogP) is 2.60. The smallest absolute Gasteiger partial charge is 0.305 e. The number of aliphatic carboxylic acids is 1. The largest absolute Gasteiger partial charge is 0.481 e. The van der Waals surface area contributed by atoms with Gasteiger partial charge in [-0.15, -0.1) is 0 Å². The molecule has 0 fully saturated rings. The van der Waals surface area contributed by atoms with Gasteiger partial charge in [-0.25, -0.2) is 0 Å². The summed E-state index contributed by atoms with van der Waals surface area (Å²) < 4.78 is 0. The zero-order chi connectivity index (χ0) is 14.6. The van der Waals surface area contributed by atoms with Crippen molar-refractivity contribution in [2.75, 3.05) is 0 Å². The predicted molar refractivity (Wildman–Crippen MR) is 74.3 cm³/mol. The van der Waals surface area contributed by atoms with Gasteiger partial charge in [0.05, 0.1) is 11.8 Å². The van der Waals surface area contributed by atoms with E-state index >= 15 is 0 Å². The van der Waals surface area contributed by atoms with Crippen LogP contribution in [0.4, 0.5) is 0 Å². The van der Waals surface area contributed by atoms with Gasteiger partial charge in [0.25, 0.3) is 0 Å². The first-order valence-electron chi connectivity index (χ1n) is 6.03. The molecule has 0 saturated heterocycles. The quantitative estimate of drug-likeness (QED) is 0.873. The Bertz CT molecular complexity index is 485. The molecule has 0 aliphatic heterocycles. The van der Waals surface area contributed by atoms with Gasteiger partial charge in [-0.1, -0.05) is 29.8 Å². The molecule has 19 heavy (non-hydrogen) atoms. The number of carbonyl (C=O) groups excluding carboxylic acids is 1. The molecule has 0 aliphatic rings. The third-order valence-corrected chi connectivity index (χ3v) is 3.30. The number of nitrogens with one attached hydrogen (secondary N) is 1. The number of amides is 1. The summed E-state index contributed by atoms with van der Waals surface area (Å²) in [6.45, 7) is 5.18. The average molecular weight is 284 g/mol. The summed E-state index contributed by atoms with van der Waals surface area (Å²) in [5, 5.41) is 11.9. The Balaban J connectivity index is 2.86. The first-order valence-corrected chi connectivity index (χ1v) is 6.40. The van der Waals surface area contributed by atoms with Gasteiger partial charge in [-0.3, -0.25) is 9.59 Å². The molecule has 0 saturated carbocycles. The van der Waals surface area contributed by atoms with Crippen molar-refractivity contribution < 1.29 is 14.7 Å². The summed E-state index contributed by atoms with van der Waals surface area (Å²) in [4.78, 5) is 22.8. The molecule has 0 aromatic heterocycles. The minimum Gasteiger partial charge on any atom is -0.481 e. The maximum absolute atomic E-state index is 12.2. The maximum Gasteiger partial charge on any atom is 0.305 e. The average Bonchev–Trinajstić information content (AvgIpc) is 2.27. The molecule has 2 N–H and O–H groups in total. The van der Waals surface area contributed by atoms with E-state index in [4.69, 9.17) is 16.7 Å². The Hall–Kier alpha value is -1.55. The molecule has 1 aromatic carbocycles. The van der Waals surface area contributed by atoms with Crippen LogP contribution < -0.4 is 5.32 Å². The first kappa shape index (κ1) is 15.5. The van der Waals surface area contributed by atoms with Gasteiger partial charge in [-0.2, -0.15) is 0 Å². The molecule has 0 bridgehead atoms. The van der Waals surface area contributed by atoms with E-state index in [-0.39, 0.29) is 12.3 Å². The minimum absolute atomic E-state index is 0.107. The molecular formula is C14H18ClNO3. The monoisotopic (exact) mass is 283 g/mol. The van der Waals surface area contributed by atoms with Crippen LogP contribution in [-0.2, 0) is 15.0 Å². The molecule has 1 amide bonds. The molecule has 0 heterocycles. The van der Waals surface area contributed by atoms with Crippen molar-refractivity contribution in [1.29, 1.82) is 0 Å². The Kier molecular flexibility index (Phi) is 4.95. The Labute approximate surface area is 117 Å². The highest BCUT2D eigenvalue weighted by molar-refractivity contribution is 6.31. The molecule has 0 radical (unpaired) electrons. The van der Waals surface area contributed by atoms with Gasteiger partial charge in [0.2, 0.25) is 5.91 Å². The van der Waals surface area contributed by atoms with E-state index in [0.29, 0.717) is 5.02 Å². The topological polar surface area (TPSA) is 66.4 Å². The summed E-state index contributed by atoms with van der Waals surface area (Å²) in [5.41, 5.74) is -0.0952. The van der Waals surface area contributed by atoms with Crippen LogP contribution in [0.5, 0.6) is 0 Å². The van der Waals surface area contributed by atoms with E-state index in [1.807, 2.05) is 6.07 Å². The Morgan fingerprint density at radius 1 is 1.37 bits per heavy atom. The van der Waals surface area contributed by atoms with E-state index in [1.165, 1.54) is 0 Å². The van der Waals surface area contributed by atoms with Crippen LogP contribution in [-0.4, -0.2) is 23.0 Å². The highest BCUT2D eigenvalue weighted by Crippen LogP contribution is 2.29. The van der Waals surface area contributed by atoms with Crippen molar-refractivity contribution in [1.82, 2.24) is 5.32 Å². The lowest BCUT2D eigenvalue weighted by Gasteiger charge is -2.27. The minimum atomic E-state index is -0.941. The van der Waals surface area contributed by atoms with Crippen molar-refractivity contribution in [3.63, 3.8) is 0 Å². The van der Waals surface area contributed by atoms with Crippen molar-refractivity contribution in [3.8, 4) is 0 Å². The molecule has 1 unspecified atom stereocenters. The first-order chi connectivity index (χ1) is 8.75. The third-order valence-electron chi connectivity index (χ3n) is 2.97. The summed E-state index contributed by atoms with van der Waals surface area (Å²) in [6, 6.07) is 6.71. The summed E-state index contributed by atoms with van der Waals surface area (Å²) in [6.07, 6.45) is -0.107. The Morgan fingerprint density at radius 3 is 2.47 bits per heavy atom. The van der Waals surface area contributed by atoms with Crippen LogP contribution in [0.25, 0.3) is 0 Å². The zero-order valence-corrected chi connectivity index (χ0v) is 12.0. The second-order valence-electron chi connectivity index (χ2n) is 5.08. The molecule has 104 valence electrons. The summed E-state index contributed by atoms with van der Waals surface area (Å²) in [7, 11) is 0. The maximum atomic E-state index is 12.2. The fourth-order valence-corrected chi connectivity index (χ4v) is 2.18. The highest BCUT2D eigenvalue weighted by atomic mass is 35.5. The number of benzene rings is 1. The van der Waals surface area contributed by atoms with Crippen LogP contribution in [0, 0.1) is 0 Å². The van der Waals surface area contributed by atoms with Crippen LogP contribution in [0.15, 0.2) is 24.3 Å².